The summed E-state index contributed by atoms with van der Waals surface area (Å²) in [6.45, 7) is 0.918. The first kappa shape index (κ1) is 15.4. The smallest absolute Gasteiger partial charge is 0.251 e. The standard InChI is InChI=1S/C20H18N2O3/c1-22-12-15-7-6-14(8-16(15)10-19(22)23)20(24)21-11-17-9-13-4-2-3-5-18(13)25-17/h2-9H,10-12H2,1H3,(H,21,24). The van der Waals surface area contributed by atoms with Crippen LogP contribution in [-0.2, 0) is 24.3 Å². The highest BCUT2D eigenvalue weighted by Gasteiger charge is 2.21. The minimum Gasteiger partial charge on any atom is -0.459 e. The molecule has 4 rings (SSSR count). The van der Waals surface area contributed by atoms with Crippen LogP contribution in [0.3, 0.4) is 0 Å². The number of likely N-dealkylation sites (N-methyl/N-ethyl adjacent to an activating group) is 1. The van der Waals surface area contributed by atoms with E-state index in [9.17, 15) is 9.59 Å². The van der Waals surface area contributed by atoms with Gasteiger partial charge < -0.3 is 14.6 Å². The SMILES string of the molecule is CN1Cc2ccc(C(=O)NCc3cc4ccccc4o3)cc2CC1=O. The van der Waals surface area contributed by atoms with Crippen LogP contribution in [0.25, 0.3) is 11.0 Å². The summed E-state index contributed by atoms with van der Waals surface area (Å²) >= 11 is 0. The second kappa shape index (κ2) is 6.09. The molecule has 0 radical (unpaired) electrons. The number of carbonyl (C=O) groups excluding carboxylic acids is 2. The van der Waals surface area contributed by atoms with Gasteiger partial charge in [0.1, 0.15) is 11.3 Å². The van der Waals surface area contributed by atoms with Crippen LogP contribution in [0.15, 0.2) is 52.9 Å². The topological polar surface area (TPSA) is 62.6 Å². The van der Waals surface area contributed by atoms with Gasteiger partial charge in [-0.3, -0.25) is 9.59 Å². The van der Waals surface area contributed by atoms with Gasteiger partial charge in [-0.05, 0) is 35.4 Å². The molecule has 0 fully saturated rings. The van der Waals surface area contributed by atoms with E-state index >= 15 is 0 Å². The largest absolute Gasteiger partial charge is 0.459 e. The predicted octanol–water partition coefficient (Wildman–Crippen LogP) is 2.88. The summed E-state index contributed by atoms with van der Waals surface area (Å²) in [7, 11) is 1.79. The van der Waals surface area contributed by atoms with Crippen LogP contribution in [0.2, 0.25) is 0 Å². The van der Waals surface area contributed by atoms with Crippen LogP contribution in [0.4, 0.5) is 0 Å². The lowest BCUT2D eigenvalue weighted by atomic mass is 9.97. The van der Waals surface area contributed by atoms with Gasteiger partial charge in [-0.15, -0.1) is 0 Å². The van der Waals surface area contributed by atoms with Crippen molar-refractivity contribution in [2.75, 3.05) is 7.05 Å². The highest BCUT2D eigenvalue weighted by atomic mass is 16.3. The predicted molar refractivity (Wildman–Crippen MR) is 94.0 cm³/mol. The van der Waals surface area contributed by atoms with Crippen LogP contribution in [0.1, 0.15) is 27.2 Å². The van der Waals surface area contributed by atoms with Crippen molar-refractivity contribution in [2.24, 2.45) is 0 Å². The molecule has 0 saturated carbocycles. The summed E-state index contributed by atoms with van der Waals surface area (Å²) in [5.74, 6) is 0.617. The van der Waals surface area contributed by atoms with E-state index in [0.29, 0.717) is 30.8 Å². The first-order chi connectivity index (χ1) is 12.1. The van der Waals surface area contributed by atoms with Crippen molar-refractivity contribution < 1.29 is 14.0 Å². The van der Waals surface area contributed by atoms with Gasteiger partial charge in [0, 0.05) is 24.5 Å². The van der Waals surface area contributed by atoms with Crippen LogP contribution < -0.4 is 5.32 Å². The zero-order valence-electron chi connectivity index (χ0n) is 13.9. The Morgan fingerprint density at radius 1 is 1.16 bits per heavy atom. The fourth-order valence-corrected chi connectivity index (χ4v) is 3.12. The number of hydrogen-bond acceptors (Lipinski definition) is 3. The van der Waals surface area contributed by atoms with E-state index in [0.717, 1.165) is 22.1 Å². The molecule has 126 valence electrons. The Kier molecular flexibility index (Phi) is 3.76. The van der Waals surface area contributed by atoms with Crippen molar-refractivity contribution in [2.45, 2.75) is 19.5 Å². The third-order valence-electron chi connectivity index (χ3n) is 4.54. The highest BCUT2D eigenvalue weighted by molar-refractivity contribution is 5.95. The van der Waals surface area contributed by atoms with Gasteiger partial charge in [0.15, 0.2) is 0 Å². The second-order valence-electron chi connectivity index (χ2n) is 6.34. The normalized spacial score (nSPS) is 13.8. The second-order valence-corrected chi connectivity index (χ2v) is 6.34. The highest BCUT2D eigenvalue weighted by Crippen LogP contribution is 2.21. The number of fused-ring (bicyclic) bond motifs is 2. The Morgan fingerprint density at radius 2 is 2.00 bits per heavy atom. The van der Waals surface area contributed by atoms with Crippen LogP contribution in [0.5, 0.6) is 0 Å². The van der Waals surface area contributed by atoms with Crippen molar-refractivity contribution in [3.05, 3.63) is 71.0 Å². The Bertz CT molecular complexity index is 941. The number of amides is 2. The molecule has 2 amide bonds. The summed E-state index contributed by atoms with van der Waals surface area (Å²) < 4.78 is 5.71. The minimum absolute atomic E-state index is 0.0762. The Morgan fingerprint density at radius 3 is 2.84 bits per heavy atom. The summed E-state index contributed by atoms with van der Waals surface area (Å²) in [5, 5.41) is 3.89. The number of furan rings is 1. The number of benzene rings is 2. The third-order valence-corrected chi connectivity index (χ3v) is 4.54. The molecule has 1 aromatic heterocycles. The van der Waals surface area contributed by atoms with Gasteiger partial charge in [-0.1, -0.05) is 24.3 Å². The van der Waals surface area contributed by atoms with Crippen molar-refractivity contribution in [1.82, 2.24) is 10.2 Å². The molecule has 0 spiro atoms. The zero-order valence-corrected chi connectivity index (χ0v) is 13.9. The molecule has 0 bridgehead atoms. The maximum Gasteiger partial charge on any atom is 0.251 e. The summed E-state index contributed by atoms with van der Waals surface area (Å²) in [6.07, 6.45) is 0.344. The molecule has 0 aliphatic carbocycles. The van der Waals surface area contributed by atoms with E-state index in [1.807, 2.05) is 42.5 Å². The van der Waals surface area contributed by atoms with Gasteiger partial charge >= 0.3 is 0 Å². The van der Waals surface area contributed by atoms with E-state index in [-0.39, 0.29) is 11.8 Å². The first-order valence-electron chi connectivity index (χ1n) is 8.21. The number of hydrogen-bond donors (Lipinski definition) is 1. The molecule has 25 heavy (non-hydrogen) atoms. The van der Waals surface area contributed by atoms with Crippen LogP contribution in [0, 0.1) is 0 Å². The molecule has 1 aliphatic rings. The van der Waals surface area contributed by atoms with Gasteiger partial charge in [0.25, 0.3) is 5.91 Å². The molecule has 1 N–H and O–H groups in total. The van der Waals surface area contributed by atoms with E-state index in [1.165, 1.54) is 0 Å². The lowest BCUT2D eigenvalue weighted by molar-refractivity contribution is -0.130. The van der Waals surface area contributed by atoms with Crippen molar-refractivity contribution in [1.29, 1.82) is 0 Å². The van der Waals surface area contributed by atoms with E-state index in [4.69, 9.17) is 4.42 Å². The van der Waals surface area contributed by atoms with Gasteiger partial charge in [-0.2, -0.15) is 0 Å². The van der Waals surface area contributed by atoms with E-state index in [2.05, 4.69) is 5.32 Å². The first-order valence-corrected chi connectivity index (χ1v) is 8.21. The van der Waals surface area contributed by atoms with E-state index < -0.39 is 0 Å². The molecule has 0 saturated heterocycles. The Hall–Kier alpha value is -3.08. The maximum absolute atomic E-state index is 12.4. The molecule has 1 aliphatic heterocycles. The Labute approximate surface area is 145 Å². The zero-order chi connectivity index (χ0) is 17.4. The minimum atomic E-state index is -0.172. The van der Waals surface area contributed by atoms with E-state index in [1.54, 1.807) is 18.0 Å². The number of carbonyl (C=O) groups is 2. The van der Waals surface area contributed by atoms with Gasteiger partial charge in [-0.25, -0.2) is 0 Å². The number of nitrogens with zero attached hydrogens (tertiary/aromatic N) is 1. The summed E-state index contributed by atoms with van der Waals surface area (Å²) in [4.78, 5) is 26.0. The lowest BCUT2D eigenvalue weighted by Crippen LogP contribution is -2.33. The number of para-hydroxylation sites is 1. The van der Waals surface area contributed by atoms with Crippen LogP contribution in [-0.4, -0.2) is 23.8 Å². The molecule has 2 aromatic carbocycles. The molecule has 2 heterocycles. The number of nitrogens with one attached hydrogen (secondary N) is 1. The monoisotopic (exact) mass is 334 g/mol. The van der Waals surface area contributed by atoms with Crippen LogP contribution >= 0.6 is 0 Å². The molecular weight excluding hydrogens is 316 g/mol. The Balaban J connectivity index is 1.48. The average molecular weight is 334 g/mol. The molecular formula is C20H18N2O3. The van der Waals surface area contributed by atoms with Gasteiger partial charge in [0.05, 0.1) is 13.0 Å². The maximum atomic E-state index is 12.4. The summed E-state index contributed by atoms with van der Waals surface area (Å²) in [5.41, 5.74) is 3.39. The lowest BCUT2D eigenvalue weighted by Gasteiger charge is -2.25. The summed E-state index contributed by atoms with van der Waals surface area (Å²) in [6, 6.07) is 15.2. The fraction of sp³-hybridized carbons (Fsp3) is 0.200. The molecule has 0 atom stereocenters. The van der Waals surface area contributed by atoms with Crippen molar-refractivity contribution in [3.8, 4) is 0 Å². The van der Waals surface area contributed by atoms with Gasteiger partial charge in [0.2, 0.25) is 5.91 Å². The quantitative estimate of drug-likeness (QED) is 0.801. The van der Waals surface area contributed by atoms with Crippen molar-refractivity contribution >= 4 is 22.8 Å². The third kappa shape index (κ3) is 3.01. The molecule has 5 heteroatoms. The average Bonchev–Trinajstić information content (AvgIpc) is 3.03. The fourth-order valence-electron chi connectivity index (χ4n) is 3.12. The van der Waals surface area contributed by atoms with Crippen molar-refractivity contribution in [3.63, 3.8) is 0 Å². The molecule has 3 aromatic rings. The number of rotatable bonds is 3. The molecule has 5 nitrogen and oxygen atoms in total. The molecule has 0 unspecified atom stereocenters.